The van der Waals surface area contributed by atoms with Crippen LogP contribution in [0.3, 0.4) is 0 Å². The summed E-state index contributed by atoms with van der Waals surface area (Å²) >= 11 is 3.22. The lowest BCUT2D eigenvalue weighted by molar-refractivity contribution is -0.110. The first-order chi connectivity index (χ1) is 4.74. The number of hydrogen-bond acceptors (Lipinski definition) is 2. The summed E-state index contributed by atoms with van der Waals surface area (Å²) in [4.78, 5) is 10.7. The Bertz CT molecular complexity index is 206. The highest BCUT2D eigenvalue weighted by Crippen LogP contribution is 2.18. The summed E-state index contributed by atoms with van der Waals surface area (Å²) in [7, 11) is 1.60. The predicted molar refractivity (Wildman–Crippen MR) is 42.0 cm³/mol. The van der Waals surface area contributed by atoms with Crippen LogP contribution in [0.4, 0.5) is 0 Å². The third-order valence-corrected chi connectivity index (χ3v) is 1.92. The van der Waals surface area contributed by atoms with Gasteiger partial charge in [0.2, 0.25) is 0 Å². The molecule has 1 unspecified atom stereocenters. The zero-order valence-corrected chi connectivity index (χ0v) is 7.09. The average molecular weight is 203 g/mol. The molecule has 0 aromatic rings. The molecule has 0 saturated heterocycles. The zero-order chi connectivity index (χ0) is 7.56. The van der Waals surface area contributed by atoms with Gasteiger partial charge < -0.3 is 4.74 Å². The Morgan fingerprint density at radius 1 is 1.70 bits per heavy atom. The van der Waals surface area contributed by atoms with E-state index in [2.05, 4.69) is 15.9 Å². The number of hydrogen-bond donors (Lipinski definition) is 0. The van der Waals surface area contributed by atoms with Gasteiger partial charge in [-0.1, -0.05) is 15.9 Å². The Labute approximate surface area is 67.7 Å². The molecule has 0 heterocycles. The van der Waals surface area contributed by atoms with Crippen molar-refractivity contribution in [3.05, 3.63) is 22.7 Å². The number of rotatable bonds is 1. The van der Waals surface area contributed by atoms with Gasteiger partial charge in [-0.3, -0.25) is 4.79 Å². The number of carbonyl (C=O) groups excluding carboxylic acids is 1. The number of halogens is 1. The topological polar surface area (TPSA) is 26.3 Å². The van der Waals surface area contributed by atoms with Gasteiger partial charge in [-0.05, 0) is 18.2 Å². The summed E-state index contributed by atoms with van der Waals surface area (Å²) < 4.78 is 5.78. The van der Waals surface area contributed by atoms with Crippen molar-refractivity contribution in [2.24, 2.45) is 0 Å². The zero-order valence-electron chi connectivity index (χ0n) is 5.50. The van der Waals surface area contributed by atoms with Crippen molar-refractivity contribution in [2.75, 3.05) is 7.11 Å². The summed E-state index contributed by atoms with van der Waals surface area (Å²) in [6.07, 6.45) is 4.64. The molecule has 0 N–H and O–H groups in total. The molecule has 0 aliphatic heterocycles. The monoisotopic (exact) mass is 202 g/mol. The quantitative estimate of drug-likeness (QED) is 0.644. The molecule has 0 aromatic carbocycles. The molecular formula is C7H7BrO2. The Balaban J connectivity index is 2.75. The molecule has 2 nitrogen and oxygen atoms in total. The van der Waals surface area contributed by atoms with Crippen LogP contribution in [-0.2, 0) is 9.53 Å². The molecule has 0 amide bonds. The lowest BCUT2D eigenvalue weighted by Crippen LogP contribution is -2.12. The van der Waals surface area contributed by atoms with Crippen LogP contribution in [0, 0.1) is 0 Å². The molecule has 0 saturated carbocycles. The van der Waals surface area contributed by atoms with Crippen molar-refractivity contribution >= 4 is 21.7 Å². The number of ether oxygens (including phenoxy) is 1. The third-order valence-electron chi connectivity index (χ3n) is 1.24. The Morgan fingerprint density at radius 3 is 2.90 bits per heavy atom. The third kappa shape index (κ3) is 1.55. The Hall–Kier alpha value is -0.410. The van der Waals surface area contributed by atoms with Crippen LogP contribution in [0.15, 0.2) is 22.7 Å². The maximum Gasteiger partial charge on any atom is 0.179 e. The first-order valence-electron chi connectivity index (χ1n) is 2.86. The summed E-state index contributed by atoms with van der Waals surface area (Å²) in [6.45, 7) is 0. The van der Waals surface area contributed by atoms with Gasteiger partial charge in [0, 0.05) is 11.6 Å². The van der Waals surface area contributed by atoms with E-state index in [0.29, 0.717) is 0 Å². The van der Waals surface area contributed by atoms with E-state index in [9.17, 15) is 4.79 Å². The van der Waals surface area contributed by atoms with Crippen molar-refractivity contribution in [2.45, 2.75) is 6.10 Å². The van der Waals surface area contributed by atoms with Gasteiger partial charge in [0.1, 0.15) is 6.10 Å². The molecule has 0 radical (unpaired) electrons. The fourth-order valence-corrected chi connectivity index (χ4v) is 1.30. The Morgan fingerprint density at radius 2 is 2.40 bits per heavy atom. The lowest BCUT2D eigenvalue weighted by Gasteiger charge is -2.11. The van der Waals surface area contributed by atoms with Gasteiger partial charge in [0.25, 0.3) is 0 Å². The lowest BCUT2D eigenvalue weighted by atomic mass is 10.1. The van der Waals surface area contributed by atoms with Gasteiger partial charge in [-0.15, -0.1) is 0 Å². The summed E-state index contributed by atoms with van der Waals surface area (Å²) in [5.74, 6) is 0.000162. The van der Waals surface area contributed by atoms with E-state index < -0.39 is 0 Å². The molecule has 1 rings (SSSR count). The van der Waals surface area contributed by atoms with Gasteiger partial charge in [-0.25, -0.2) is 0 Å². The fourth-order valence-electron chi connectivity index (χ4n) is 0.731. The second-order valence-electron chi connectivity index (χ2n) is 1.95. The molecule has 0 aromatic heterocycles. The molecular weight excluding hydrogens is 196 g/mol. The minimum Gasteiger partial charge on any atom is -0.372 e. The first kappa shape index (κ1) is 7.69. The molecule has 1 atom stereocenters. The second kappa shape index (κ2) is 3.12. The number of ketones is 1. The fraction of sp³-hybridized carbons (Fsp3) is 0.286. The molecule has 54 valence electrons. The van der Waals surface area contributed by atoms with Crippen LogP contribution in [-0.4, -0.2) is 19.0 Å². The predicted octanol–water partition coefficient (Wildman–Crippen LogP) is 1.42. The van der Waals surface area contributed by atoms with Crippen molar-refractivity contribution in [3.8, 4) is 0 Å². The Kier molecular flexibility index (Phi) is 2.40. The second-order valence-corrected chi connectivity index (χ2v) is 2.86. The first-order valence-corrected chi connectivity index (χ1v) is 3.65. The smallest absolute Gasteiger partial charge is 0.179 e. The highest BCUT2D eigenvalue weighted by molar-refractivity contribution is 9.11. The van der Waals surface area contributed by atoms with Crippen LogP contribution in [0.2, 0.25) is 0 Å². The largest absolute Gasteiger partial charge is 0.372 e. The van der Waals surface area contributed by atoms with Gasteiger partial charge in [0.15, 0.2) is 5.78 Å². The summed E-state index contributed by atoms with van der Waals surface area (Å²) in [5.41, 5.74) is 0. The molecule has 1 aliphatic carbocycles. The maximum absolute atomic E-state index is 10.7. The normalized spacial score (nSPS) is 24.8. The standard InChI is InChI=1S/C7H7BrO2/c1-10-7-3-2-5(9)4-6(7)8/h2-4,7H,1H3. The van der Waals surface area contributed by atoms with Crippen LogP contribution in [0.1, 0.15) is 0 Å². The molecule has 0 spiro atoms. The van der Waals surface area contributed by atoms with E-state index in [1.165, 1.54) is 12.2 Å². The number of methoxy groups -OCH3 is 1. The van der Waals surface area contributed by atoms with Crippen LogP contribution in [0.5, 0.6) is 0 Å². The van der Waals surface area contributed by atoms with E-state index >= 15 is 0 Å². The molecule has 1 aliphatic rings. The molecule has 10 heavy (non-hydrogen) atoms. The number of allylic oxidation sites excluding steroid dienone is 2. The van der Waals surface area contributed by atoms with Gasteiger partial charge >= 0.3 is 0 Å². The number of carbonyl (C=O) groups is 1. The van der Waals surface area contributed by atoms with E-state index in [0.717, 1.165) is 4.48 Å². The van der Waals surface area contributed by atoms with E-state index in [-0.39, 0.29) is 11.9 Å². The average Bonchev–Trinajstić information content (AvgIpc) is 1.88. The highest BCUT2D eigenvalue weighted by Gasteiger charge is 2.12. The van der Waals surface area contributed by atoms with Gasteiger partial charge in [0.05, 0.1) is 0 Å². The van der Waals surface area contributed by atoms with Crippen LogP contribution >= 0.6 is 15.9 Å². The SMILES string of the molecule is COC1C=CC(=O)C=C1Br. The van der Waals surface area contributed by atoms with E-state index in [4.69, 9.17) is 4.74 Å². The van der Waals surface area contributed by atoms with Gasteiger partial charge in [-0.2, -0.15) is 0 Å². The van der Waals surface area contributed by atoms with Crippen molar-refractivity contribution in [3.63, 3.8) is 0 Å². The summed E-state index contributed by atoms with van der Waals surface area (Å²) in [6, 6.07) is 0. The molecule has 3 heteroatoms. The highest BCUT2D eigenvalue weighted by atomic mass is 79.9. The van der Waals surface area contributed by atoms with Crippen molar-refractivity contribution in [1.82, 2.24) is 0 Å². The van der Waals surface area contributed by atoms with Crippen molar-refractivity contribution in [1.29, 1.82) is 0 Å². The van der Waals surface area contributed by atoms with Crippen molar-refractivity contribution < 1.29 is 9.53 Å². The minimum atomic E-state index is -0.0855. The van der Waals surface area contributed by atoms with E-state index in [1.54, 1.807) is 13.2 Å². The van der Waals surface area contributed by atoms with E-state index in [1.807, 2.05) is 0 Å². The molecule has 0 fully saturated rings. The minimum absolute atomic E-state index is 0.000162. The van der Waals surface area contributed by atoms with Crippen LogP contribution < -0.4 is 0 Å². The van der Waals surface area contributed by atoms with Crippen LogP contribution in [0.25, 0.3) is 0 Å². The summed E-state index contributed by atoms with van der Waals surface area (Å²) in [5, 5.41) is 0. The molecule has 0 bridgehead atoms. The maximum atomic E-state index is 10.7.